The van der Waals surface area contributed by atoms with Crippen LogP contribution >= 0.6 is 11.8 Å². The van der Waals surface area contributed by atoms with E-state index in [1.807, 2.05) is 32.0 Å². The Hall–Kier alpha value is -8.49. The molecule has 0 radical (unpaired) electrons. The molecule has 0 spiro atoms. The third kappa shape index (κ3) is 22.3. The van der Waals surface area contributed by atoms with Gasteiger partial charge in [-0.3, -0.25) is 52.7 Å². The smallest absolute Gasteiger partial charge is 0.322 e. The van der Waals surface area contributed by atoms with Crippen LogP contribution in [0.4, 0.5) is 0 Å². The van der Waals surface area contributed by atoms with E-state index in [9.17, 15) is 57.8 Å². The molecule has 0 fully saturated rings. The summed E-state index contributed by atoms with van der Waals surface area (Å²) in [5.41, 5.74) is 7.95. The van der Waals surface area contributed by atoms with Gasteiger partial charge >= 0.3 is 5.97 Å². The van der Waals surface area contributed by atoms with Gasteiger partial charge in [0.25, 0.3) is 0 Å². The summed E-state index contributed by atoms with van der Waals surface area (Å²) in [4.78, 5) is 156. The van der Waals surface area contributed by atoms with E-state index in [0.29, 0.717) is 17.0 Å². The molecule has 440 valence electrons. The monoisotopic (exact) mass is 1150 g/mol. The Labute approximate surface area is 472 Å². The van der Waals surface area contributed by atoms with Crippen LogP contribution in [-0.4, -0.2) is 158 Å². The maximum atomic E-state index is 14.2. The first-order valence-electron chi connectivity index (χ1n) is 26.4. The van der Waals surface area contributed by atoms with Crippen LogP contribution in [0, 0.1) is 11.8 Å². The van der Waals surface area contributed by atoms with E-state index >= 15 is 0 Å². The first-order chi connectivity index (χ1) is 38.4. The second-order valence-corrected chi connectivity index (χ2v) is 21.1. The second-order valence-electron chi connectivity index (χ2n) is 20.1. The zero-order valence-corrected chi connectivity index (χ0v) is 47.0. The number of aromatic amines is 2. The molecule has 0 aliphatic heterocycles. The predicted octanol–water partition coefficient (Wildman–Crippen LogP) is -0.534. The number of carboxylic acid groups (broad SMARTS) is 1. The molecule has 0 saturated carbocycles. The second kappa shape index (κ2) is 32.6. The van der Waals surface area contributed by atoms with E-state index in [4.69, 9.17) is 10.8 Å². The number of carbonyl (C=O) groups excluding carboxylic acids is 10. The third-order valence-corrected chi connectivity index (χ3v) is 13.3. The van der Waals surface area contributed by atoms with Crippen molar-refractivity contribution in [3.05, 3.63) is 84.1 Å². The highest BCUT2D eigenvalue weighted by atomic mass is 32.2. The maximum absolute atomic E-state index is 14.2. The van der Waals surface area contributed by atoms with Gasteiger partial charge in [0.15, 0.2) is 0 Å². The lowest BCUT2D eigenvalue weighted by Crippen LogP contribution is -2.59. The molecule has 7 atom stereocenters. The molecule has 2 heterocycles. The molecular formula is C54H75N13O13S. The summed E-state index contributed by atoms with van der Waals surface area (Å²) in [5.74, 6) is -9.07. The number of nitrogens with zero attached hydrogens (tertiary/aromatic N) is 1. The van der Waals surface area contributed by atoms with E-state index in [-0.39, 0.29) is 63.0 Å². The highest BCUT2D eigenvalue weighted by molar-refractivity contribution is 7.98. The highest BCUT2D eigenvalue weighted by Crippen LogP contribution is 2.20. The number of hydrogen-bond acceptors (Lipinski definition) is 14. The number of phenols is 1. The van der Waals surface area contributed by atoms with E-state index in [0.717, 1.165) is 16.5 Å². The molecule has 0 aliphatic carbocycles. The number of amides is 10. The van der Waals surface area contributed by atoms with Gasteiger partial charge in [-0.25, -0.2) is 4.98 Å². The topological polar surface area (TPSA) is 407 Å². The van der Waals surface area contributed by atoms with Crippen LogP contribution in [0.25, 0.3) is 10.9 Å². The van der Waals surface area contributed by atoms with Crippen molar-refractivity contribution in [2.24, 2.45) is 17.6 Å². The van der Waals surface area contributed by atoms with Crippen molar-refractivity contribution >= 4 is 87.7 Å². The van der Waals surface area contributed by atoms with Gasteiger partial charge in [-0.05, 0) is 85.8 Å². The SMILES string of the molecule is CSCC[C@H](NC(=O)[C@H](CC(C)C)NC(=O)[C@H](Cc1cnc[nH]1)NC(=O)CNC(=O)[C@@H](NC(=O)[C@H](C)NC(=O)[C@H](Cc1c[nH]c2ccccc12)NC(=O)[C@H](CCC(N)=O)NC(=O)CCc1ccc(O)cc1)C(C)C)C(=O)NCC(=O)O. The minimum absolute atomic E-state index is 0.0508. The number of H-pyrrole nitrogens is 2. The van der Waals surface area contributed by atoms with E-state index < -0.39 is 126 Å². The third-order valence-electron chi connectivity index (χ3n) is 12.7. The van der Waals surface area contributed by atoms with Crippen LogP contribution < -0.4 is 53.6 Å². The molecule has 10 amide bonds. The lowest BCUT2D eigenvalue weighted by Gasteiger charge is -2.27. The van der Waals surface area contributed by atoms with Crippen molar-refractivity contribution in [2.75, 3.05) is 25.1 Å². The van der Waals surface area contributed by atoms with Crippen LogP contribution in [0.2, 0.25) is 0 Å². The van der Waals surface area contributed by atoms with Crippen molar-refractivity contribution in [3.63, 3.8) is 0 Å². The number of nitrogens with one attached hydrogen (secondary N) is 11. The number of benzene rings is 2. The maximum Gasteiger partial charge on any atom is 0.322 e. The Morgan fingerprint density at radius 1 is 0.630 bits per heavy atom. The Morgan fingerprint density at radius 3 is 1.88 bits per heavy atom. The van der Waals surface area contributed by atoms with Crippen LogP contribution in [0.15, 0.2) is 67.3 Å². The van der Waals surface area contributed by atoms with Gasteiger partial charge in [-0.2, -0.15) is 11.8 Å². The minimum Gasteiger partial charge on any atom is -0.508 e. The van der Waals surface area contributed by atoms with E-state index in [1.165, 1.54) is 43.3 Å². The highest BCUT2D eigenvalue weighted by Gasteiger charge is 2.34. The predicted molar refractivity (Wildman–Crippen MR) is 299 cm³/mol. The van der Waals surface area contributed by atoms with E-state index in [1.54, 1.807) is 44.5 Å². The summed E-state index contributed by atoms with van der Waals surface area (Å²) in [6, 6.07) is 4.57. The average molecular weight is 1150 g/mol. The summed E-state index contributed by atoms with van der Waals surface area (Å²) < 4.78 is 0. The number of aromatic hydroxyl groups is 1. The lowest BCUT2D eigenvalue weighted by molar-refractivity contribution is -0.138. The van der Waals surface area contributed by atoms with Gasteiger partial charge < -0.3 is 73.8 Å². The number of carboxylic acids is 1. The molecular weight excluding hydrogens is 1070 g/mol. The minimum atomic E-state index is -1.36. The number of nitrogens with two attached hydrogens (primary N) is 1. The molecule has 81 heavy (non-hydrogen) atoms. The van der Waals surface area contributed by atoms with Gasteiger partial charge in [0.1, 0.15) is 54.6 Å². The zero-order valence-electron chi connectivity index (χ0n) is 46.1. The van der Waals surface area contributed by atoms with Crippen molar-refractivity contribution < 1.29 is 63.0 Å². The number of aromatic nitrogens is 3. The Balaban J connectivity index is 1.44. The first-order valence-corrected chi connectivity index (χ1v) is 27.8. The number of aliphatic carboxylic acids is 1. The van der Waals surface area contributed by atoms with Gasteiger partial charge in [0.2, 0.25) is 59.1 Å². The number of hydrogen-bond donors (Lipinski definition) is 14. The molecule has 2 aromatic heterocycles. The molecule has 4 rings (SSSR count). The van der Waals surface area contributed by atoms with Gasteiger partial charge in [0.05, 0.1) is 12.9 Å². The number of para-hydroxylation sites is 1. The molecule has 27 heteroatoms. The molecule has 26 nitrogen and oxygen atoms in total. The van der Waals surface area contributed by atoms with Crippen molar-refractivity contribution in [1.29, 1.82) is 0 Å². The Kier molecular flexibility index (Phi) is 26.1. The van der Waals surface area contributed by atoms with Crippen LogP contribution in [0.1, 0.15) is 83.5 Å². The van der Waals surface area contributed by atoms with E-state index in [2.05, 4.69) is 62.8 Å². The first kappa shape index (κ1) is 65.0. The van der Waals surface area contributed by atoms with Crippen LogP contribution in [0.3, 0.4) is 0 Å². The average Bonchev–Trinajstić information content (AvgIpc) is 4.15. The normalized spacial score (nSPS) is 13.7. The summed E-state index contributed by atoms with van der Waals surface area (Å²) in [6.07, 6.45) is 6.02. The number of rotatable bonds is 34. The Morgan fingerprint density at radius 2 is 1.23 bits per heavy atom. The number of aryl methyl sites for hydroxylation is 1. The number of thioether (sulfide) groups is 1. The number of carbonyl (C=O) groups is 11. The zero-order chi connectivity index (χ0) is 59.8. The molecule has 15 N–H and O–H groups in total. The summed E-state index contributed by atoms with van der Waals surface area (Å²) in [5, 5.41) is 42.6. The summed E-state index contributed by atoms with van der Waals surface area (Å²) in [6.45, 7) is 6.88. The van der Waals surface area contributed by atoms with Crippen molar-refractivity contribution in [1.82, 2.24) is 62.8 Å². The molecule has 0 saturated heterocycles. The molecule has 2 aromatic carbocycles. The molecule has 0 aliphatic rings. The van der Waals surface area contributed by atoms with Gasteiger partial charge in [-0.15, -0.1) is 0 Å². The molecule has 4 aromatic rings. The summed E-state index contributed by atoms with van der Waals surface area (Å²) in [7, 11) is 0. The fourth-order valence-corrected chi connectivity index (χ4v) is 8.79. The summed E-state index contributed by atoms with van der Waals surface area (Å²) >= 11 is 1.40. The number of fused-ring (bicyclic) bond motifs is 1. The molecule has 0 bridgehead atoms. The van der Waals surface area contributed by atoms with Crippen LogP contribution in [0.5, 0.6) is 5.75 Å². The fourth-order valence-electron chi connectivity index (χ4n) is 8.32. The quantitative estimate of drug-likeness (QED) is 0.0280. The lowest BCUT2D eigenvalue weighted by atomic mass is 10.0. The van der Waals surface area contributed by atoms with Crippen LogP contribution in [-0.2, 0) is 72.0 Å². The van der Waals surface area contributed by atoms with Gasteiger partial charge in [-0.1, -0.05) is 58.0 Å². The fraction of sp³-hybridized carbons (Fsp3) is 0.481. The Bertz CT molecular complexity index is 2810. The molecule has 0 unspecified atom stereocenters. The standard InChI is InChI=1S/C54H75N13O13S/c1-29(2)21-40(52(78)64-39(19-20-81-6)49(75)59-27-46(72)73)65-53(79)42(23-34-25-56-28-60-34)63-45(71)26-58-54(80)47(30(3)4)67-48(74)31(5)61-51(77)41(22-33-24-57-37-10-8-7-9-36(33)37)66-50(76)38(16-17-43(55)69)62-44(70)18-13-32-11-14-35(68)15-12-32/h7-12,14-15,24-25,28-31,38-42,47,57,68H,13,16-23,26-27H2,1-6H3,(H2,55,69)(H,56,60)(H,58,80)(H,59,75)(H,61,77)(H,62,70)(H,63,71)(H,64,78)(H,65,79)(H,66,76)(H,67,74)(H,72,73)/t31-,38-,39-,40-,41-,42-,47-/m0/s1. The largest absolute Gasteiger partial charge is 0.508 e. The number of phenolic OH excluding ortho intramolecular Hbond substituents is 1. The van der Waals surface area contributed by atoms with Crippen molar-refractivity contribution in [2.45, 2.75) is 128 Å². The van der Waals surface area contributed by atoms with Gasteiger partial charge in [0, 0.05) is 54.7 Å². The number of imidazole rings is 1. The van der Waals surface area contributed by atoms with Crippen molar-refractivity contribution in [3.8, 4) is 5.75 Å². The number of primary amides is 1.